The van der Waals surface area contributed by atoms with Gasteiger partial charge in [0, 0.05) is 12.1 Å². The molecule has 2 heterocycles. The van der Waals surface area contributed by atoms with Crippen LogP contribution < -0.4 is 5.32 Å². The van der Waals surface area contributed by atoms with Crippen LogP contribution >= 0.6 is 12.4 Å². The van der Waals surface area contributed by atoms with Gasteiger partial charge in [-0.1, -0.05) is 0 Å². The Morgan fingerprint density at radius 3 is 3.15 bits per heavy atom. The summed E-state index contributed by atoms with van der Waals surface area (Å²) in [7, 11) is 0. The van der Waals surface area contributed by atoms with Crippen LogP contribution in [0.5, 0.6) is 0 Å². The number of aromatic nitrogens is 2. The van der Waals surface area contributed by atoms with Crippen LogP contribution in [0.2, 0.25) is 0 Å². The minimum Gasteiger partial charge on any atom is -0.481 e. The number of nitrogens with zero attached hydrogens (tertiary/aromatic N) is 1. The number of rotatable bonds is 1. The van der Waals surface area contributed by atoms with Crippen LogP contribution in [0.25, 0.3) is 0 Å². The minimum absolute atomic E-state index is 0. The third kappa shape index (κ3) is 1.60. The fourth-order valence-corrected chi connectivity index (χ4v) is 1.45. The van der Waals surface area contributed by atoms with E-state index >= 15 is 0 Å². The predicted octanol–water partition coefficient (Wildman–Crippen LogP) is 0.815. The number of nitrogens with one attached hydrogen (secondary N) is 2. The molecule has 2 rings (SSSR count). The van der Waals surface area contributed by atoms with Gasteiger partial charge in [0.1, 0.15) is 5.82 Å². The van der Waals surface area contributed by atoms with Gasteiger partial charge in [-0.05, 0) is 6.42 Å². The molecule has 0 amide bonds. The third-order valence-electron chi connectivity index (χ3n) is 2.08. The maximum atomic E-state index is 10.7. The number of hydrogen-bond acceptors (Lipinski definition) is 3. The van der Waals surface area contributed by atoms with Gasteiger partial charge in [0.25, 0.3) is 0 Å². The molecule has 0 aromatic carbocycles. The average molecular weight is 204 g/mol. The quantitative estimate of drug-likeness (QED) is 0.632. The van der Waals surface area contributed by atoms with E-state index in [9.17, 15) is 4.79 Å². The molecule has 6 heteroatoms. The number of carboxylic acid groups (broad SMARTS) is 1. The molecule has 3 N–H and O–H groups in total. The molecular formula is C7H10ClN3O2. The number of carboxylic acids is 1. The van der Waals surface area contributed by atoms with Crippen molar-refractivity contribution in [2.24, 2.45) is 0 Å². The van der Waals surface area contributed by atoms with Gasteiger partial charge in [-0.25, -0.2) is 0 Å². The molecular weight excluding hydrogens is 194 g/mol. The molecule has 1 aromatic rings. The molecule has 0 bridgehead atoms. The van der Waals surface area contributed by atoms with E-state index in [1.165, 1.54) is 0 Å². The highest BCUT2D eigenvalue weighted by Crippen LogP contribution is 2.29. The number of fused-ring (bicyclic) bond motifs is 1. The Labute approximate surface area is 80.9 Å². The van der Waals surface area contributed by atoms with Crippen LogP contribution in [0.1, 0.15) is 17.9 Å². The normalized spacial score (nSPS) is 19.5. The van der Waals surface area contributed by atoms with E-state index in [4.69, 9.17) is 5.11 Å². The average Bonchev–Trinajstić information content (AvgIpc) is 2.49. The number of halogens is 1. The van der Waals surface area contributed by atoms with E-state index < -0.39 is 11.9 Å². The number of carbonyl (C=O) groups is 1. The summed E-state index contributed by atoms with van der Waals surface area (Å²) >= 11 is 0. The van der Waals surface area contributed by atoms with Crippen molar-refractivity contribution in [3.05, 3.63) is 11.8 Å². The van der Waals surface area contributed by atoms with Crippen LogP contribution in [-0.4, -0.2) is 27.8 Å². The molecule has 13 heavy (non-hydrogen) atoms. The summed E-state index contributed by atoms with van der Waals surface area (Å²) in [5, 5.41) is 18.4. The maximum Gasteiger partial charge on any atom is 0.311 e. The van der Waals surface area contributed by atoms with Crippen molar-refractivity contribution < 1.29 is 9.90 Å². The van der Waals surface area contributed by atoms with Crippen LogP contribution in [0.4, 0.5) is 5.82 Å². The fourth-order valence-electron chi connectivity index (χ4n) is 1.45. The smallest absolute Gasteiger partial charge is 0.311 e. The monoisotopic (exact) mass is 203 g/mol. The van der Waals surface area contributed by atoms with Gasteiger partial charge < -0.3 is 10.4 Å². The molecule has 0 spiro atoms. The zero-order valence-electron chi connectivity index (χ0n) is 6.78. The fraction of sp³-hybridized carbons (Fsp3) is 0.429. The molecule has 72 valence electrons. The lowest BCUT2D eigenvalue weighted by molar-refractivity contribution is -0.138. The Kier molecular flexibility index (Phi) is 2.77. The zero-order chi connectivity index (χ0) is 8.55. The highest BCUT2D eigenvalue weighted by molar-refractivity contribution is 5.85. The van der Waals surface area contributed by atoms with E-state index in [0.717, 1.165) is 11.4 Å². The van der Waals surface area contributed by atoms with Gasteiger partial charge in [0.2, 0.25) is 0 Å². The highest BCUT2D eigenvalue weighted by Gasteiger charge is 2.27. The van der Waals surface area contributed by atoms with E-state index in [2.05, 4.69) is 15.5 Å². The second-order valence-corrected chi connectivity index (χ2v) is 2.81. The summed E-state index contributed by atoms with van der Waals surface area (Å²) in [4.78, 5) is 10.7. The number of aromatic amines is 1. The van der Waals surface area contributed by atoms with E-state index in [-0.39, 0.29) is 12.4 Å². The zero-order valence-corrected chi connectivity index (χ0v) is 7.60. The van der Waals surface area contributed by atoms with Gasteiger partial charge in [0.15, 0.2) is 0 Å². The van der Waals surface area contributed by atoms with Crippen molar-refractivity contribution in [3.63, 3.8) is 0 Å². The summed E-state index contributed by atoms with van der Waals surface area (Å²) in [5.41, 5.74) is 0.758. The SMILES string of the molecule is Cl.O=C(O)C1CCNc2[nH]ncc21. The molecule has 0 fully saturated rings. The Bertz CT molecular complexity index is 312. The number of hydrogen-bond donors (Lipinski definition) is 3. The van der Waals surface area contributed by atoms with Gasteiger partial charge in [-0.15, -0.1) is 12.4 Å². The van der Waals surface area contributed by atoms with Crippen molar-refractivity contribution in [3.8, 4) is 0 Å². The Morgan fingerprint density at radius 2 is 2.46 bits per heavy atom. The van der Waals surface area contributed by atoms with E-state index in [1.54, 1.807) is 6.20 Å². The molecule has 0 radical (unpaired) electrons. The molecule has 1 aromatic heterocycles. The van der Waals surface area contributed by atoms with Crippen LogP contribution in [-0.2, 0) is 4.79 Å². The molecule has 5 nitrogen and oxygen atoms in total. The van der Waals surface area contributed by atoms with Gasteiger partial charge in [-0.3, -0.25) is 9.89 Å². The Morgan fingerprint density at radius 1 is 1.69 bits per heavy atom. The second kappa shape index (κ2) is 3.66. The molecule has 1 unspecified atom stereocenters. The van der Waals surface area contributed by atoms with Gasteiger partial charge >= 0.3 is 5.97 Å². The van der Waals surface area contributed by atoms with Crippen molar-refractivity contribution in [1.82, 2.24) is 10.2 Å². The molecule has 1 aliphatic heterocycles. The number of H-pyrrole nitrogens is 1. The first-order valence-electron chi connectivity index (χ1n) is 3.79. The van der Waals surface area contributed by atoms with Crippen molar-refractivity contribution in [2.75, 3.05) is 11.9 Å². The topological polar surface area (TPSA) is 78.0 Å². The first-order chi connectivity index (χ1) is 5.79. The lowest BCUT2D eigenvalue weighted by Gasteiger charge is -2.18. The van der Waals surface area contributed by atoms with E-state index in [0.29, 0.717) is 13.0 Å². The predicted molar refractivity (Wildman–Crippen MR) is 49.3 cm³/mol. The largest absolute Gasteiger partial charge is 0.481 e. The first-order valence-corrected chi connectivity index (χ1v) is 3.79. The second-order valence-electron chi connectivity index (χ2n) is 2.81. The Balaban J connectivity index is 0.000000845. The summed E-state index contributed by atoms with van der Waals surface area (Å²) < 4.78 is 0. The lowest BCUT2D eigenvalue weighted by Crippen LogP contribution is -2.21. The van der Waals surface area contributed by atoms with Crippen molar-refractivity contribution in [1.29, 1.82) is 0 Å². The summed E-state index contributed by atoms with van der Waals surface area (Å²) in [6, 6.07) is 0. The highest BCUT2D eigenvalue weighted by atomic mass is 35.5. The van der Waals surface area contributed by atoms with Crippen LogP contribution in [0.3, 0.4) is 0 Å². The van der Waals surface area contributed by atoms with Crippen LogP contribution in [0.15, 0.2) is 6.20 Å². The van der Waals surface area contributed by atoms with Gasteiger partial charge in [-0.2, -0.15) is 5.10 Å². The van der Waals surface area contributed by atoms with Crippen molar-refractivity contribution >= 4 is 24.2 Å². The molecule has 0 saturated heterocycles. The molecule has 1 atom stereocenters. The number of aliphatic carboxylic acids is 1. The van der Waals surface area contributed by atoms with E-state index in [1.807, 2.05) is 0 Å². The molecule has 0 aliphatic carbocycles. The lowest BCUT2D eigenvalue weighted by atomic mass is 9.95. The van der Waals surface area contributed by atoms with Crippen molar-refractivity contribution in [2.45, 2.75) is 12.3 Å². The summed E-state index contributed by atoms with van der Waals surface area (Å²) in [6.45, 7) is 0.687. The third-order valence-corrected chi connectivity index (χ3v) is 2.08. The summed E-state index contributed by atoms with van der Waals surface area (Å²) in [6.07, 6.45) is 2.20. The summed E-state index contributed by atoms with van der Waals surface area (Å²) in [5.74, 6) is -0.437. The standard InChI is InChI=1S/C7H9N3O2.ClH/c11-7(12)4-1-2-8-6-5(4)3-9-10-6;/h3-4H,1-2H2,(H,11,12)(H2,8,9,10);1H. The minimum atomic E-state index is -0.779. The molecule has 0 saturated carbocycles. The van der Waals surface area contributed by atoms with Crippen LogP contribution in [0, 0.1) is 0 Å². The molecule has 1 aliphatic rings. The maximum absolute atomic E-state index is 10.7. The first kappa shape index (κ1) is 9.85. The number of anilines is 1. The van der Waals surface area contributed by atoms with Gasteiger partial charge in [0.05, 0.1) is 12.1 Å². The Hall–Kier alpha value is -1.23.